The van der Waals surface area contributed by atoms with Gasteiger partial charge in [-0.1, -0.05) is 43.9 Å². The van der Waals surface area contributed by atoms with Gasteiger partial charge in [0, 0.05) is 84.0 Å². The molecule has 26 heteroatoms. The predicted molar refractivity (Wildman–Crippen MR) is 301 cm³/mol. The fraction of sp³-hybridized carbons (Fsp3) is 0.473. The number of carbonyl (C=O) groups is 2. The van der Waals surface area contributed by atoms with E-state index in [1.807, 2.05) is 24.3 Å². The summed E-state index contributed by atoms with van der Waals surface area (Å²) in [6, 6.07) is 16.7. The molecule has 7 N–H and O–H groups in total. The van der Waals surface area contributed by atoms with Gasteiger partial charge in [0.2, 0.25) is 17.2 Å². The molecular weight excluding hydrogens is 1110 g/mol. The SMILES string of the molecule is CCN1c2cc3c(cc2C(C)CC1(C)C)C(c1ccccc1C(=O)N(C)CCCC(=O)NCC#Cc1cn([C@H]2CC[C@@H](COP(=O)(O)OP(=O)(O)OP(=O)([O-])O)O2)c2nc(N)[nH]c(=O)c12)=c1cc2c(cc1O3)=[N+](CC)C(C)(C)CC2C. The van der Waals surface area contributed by atoms with E-state index in [1.54, 1.807) is 11.9 Å². The van der Waals surface area contributed by atoms with Crippen molar-refractivity contribution in [2.45, 2.75) is 129 Å². The Kier molecular flexibility index (Phi) is 16.7. The van der Waals surface area contributed by atoms with Crippen LogP contribution < -0.4 is 46.3 Å². The summed E-state index contributed by atoms with van der Waals surface area (Å²) in [5, 5.41) is 4.95. The van der Waals surface area contributed by atoms with Crippen LogP contribution in [0.25, 0.3) is 16.6 Å². The summed E-state index contributed by atoms with van der Waals surface area (Å²) in [6.45, 7) is 19.3. The Hall–Kier alpha value is -5.98. The molecule has 0 saturated carbocycles. The number of nitrogens with zero attached hydrogens (tertiary/aromatic N) is 5. The molecule has 0 spiro atoms. The zero-order valence-corrected chi connectivity index (χ0v) is 49.4. The van der Waals surface area contributed by atoms with Crippen LogP contribution in [0, 0.1) is 11.8 Å². The summed E-state index contributed by atoms with van der Waals surface area (Å²) in [7, 11) is -15.3. The zero-order chi connectivity index (χ0) is 58.7. The number of phosphoric ester groups is 1. The molecule has 2 amide bonds. The maximum atomic E-state index is 14.7. The Morgan fingerprint density at radius 1 is 0.988 bits per heavy atom. The summed E-state index contributed by atoms with van der Waals surface area (Å²) in [5.74, 6) is 7.09. The lowest BCUT2D eigenvalue weighted by Gasteiger charge is -2.47. The van der Waals surface area contributed by atoms with Gasteiger partial charge in [0.05, 0.1) is 36.3 Å². The molecule has 9 rings (SSSR count). The van der Waals surface area contributed by atoms with E-state index in [0.717, 1.165) is 70.4 Å². The molecule has 434 valence electrons. The van der Waals surface area contributed by atoms with Gasteiger partial charge in [-0.05, 0) is 108 Å². The number of anilines is 2. The number of ether oxygens (including phenoxy) is 2. The Morgan fingerprint density at radius 2 is 1.72 bits per heavy atom. The molecule has 2 aromatic heterocycles. The zero-order valence-electron chi connectivity index (χ0n) is 46.7. The lowest BCUT2D eigenvalue weighted by molar-refractivity contribution is -0.212. The maximum Gasteiger partial charge on any atom is 0.487 e. The van der Waals surface area contributed by atoms with Crippen molar-refractivity contribution in [3.05, 3.63) is 109 Å². The number of rotatable bonds is 17. The van der Waals surface area contributed by atoms with Crippen molar-refractivity contribution in [2.75, 3.05) is 50.5 Å². The smallest absolute Gasteiger partial charge is 0.487 e. The maximum absolute atomic E-state index is 14.7. The number of aromatic nitrogens is 3. The molecule has 3 aromatic carbocycles. The number of carbonyl (C=O) groups excluding carboxylic acids is 2. The molecule has 81 heavy (non-hydrogen) atoms. The van der Waals surface area contributed by atoms with Crippen molar-refractivity contribution in [3.8, 4) is 23.3 Å². The highest BCUT2D eigenvalue weighted by Crippen LogP contribution is 2.65. The third-order valence-corrected chi connectivity index (χ3v) is 19.3. The van der Waals surface area contributed by atoms with E-state index in [4.69, 9.17) is 24.6 Å². The number of hydrogen-bond donors (Lipinski definition) is 6. The van der Waals surface area contributed by atoms with E-state index in [0.29, 0.717) is 12.0 Å². The molecule has 0 aliphatic carbocycles. The number of H-pyrrole nitrogens is 1. The van der Waals surface area contributed by atoms with Gasteiger partial charge in [0.15, 0.2) is 11.2 Å². The van der Waals surface area contributed by atoms with Gasteiger partial charge in [-0.15, -0.1) is 0 Å². The minimum Gasteiger partial charge on any atom is -0.756 e. The Bertz CT molecular complexity index is 3770. The van der Waals surface area contributed by atoms with Crippen LogP contribution in [0.1, 0.15) is 150 Å². The average Bonchev–Trinajstić information content (AvgIpc) is 4.05. The molecule has 4 aliphatic rings. The molecule has 7 atom stereocenters. The minimum absolute atomic E-state index is 0.0584. The molecule has 1 saturated heterocycles. The van der Waals surface area contributed by atoms with Crippen LogP contribution >= 0.6 is 23.5 Å². The van der Waals surface area contributed by atoms with Gasteiger partial charge < -0.3 is 54.5 Å². The predicted octanol–water partition coefficient (Wildman–Crippen LogP) is 5.98. The lowest BCUT2D eigenvalue weighted by atomic mass is 9.77. The fourth-order valence-corrected chi connectivity index (χ4v) is 15.4. The van der Waals surface area contributed by atoms with Crippen molar-refractivity contribution in [3.63, 3.8) is 0 Å². The number of phosphoric acid groups is 3. The van der Waals surface area contributed by atoms with E-state index in [1.165, 1.54) is 21.9 Å². The number of aromatic amines is 1. The molecule has 5 aromatic rings. The molecule has 4 aliphatic heterocycles. The molecular formula is C55H69N8O15P3. The standard InChI is InChI=1S/C55H69N8O15P3/c1-10-62-42-26-44-40(24-38(42)32(3)28-54(62,5)6)49(41-25-39-33(4)29-55(7,8)63(11-2)43(39)27-45(41)76-44)36-17-12-13-18-37(36)52(66)60(9)23-15-19-46(64)57-22-14-16-34-30-61(50-48(34)51(65)59-53(56)58-50)47-21-20-35(75-47)31-74-80(70,71)78-81(72,73)77-79(67,68)69/h12-13,17-18,24-27,30,32-33,35,47H,10-11,15,19-23,28-29,31H2,1-9H3,(H7-,56,57,58,59,64,65,67,68,69,70,71,72,73)/t32?,33?,35-,47+/m0/s1. The van der Waals surface area contributed by atoms with Gasteiger partial charge in [-0.2, -0.15) is 9.29 Å². The Balaban J connectivity index is 0.895. The molecule has 1 fully saturated rings. The first kappa shape index (κ1) is 59.6. The van der Waals surface area contributed by atoms with Crippen LogP contribution in [0.2, 0.25) is 0 Å². The van der Waals surface area contributed by atoms with Gasteiger partial charge in [-0.3, -0.25) is 28.5 Å². The topological polar surface area (TPSA) is 313 Å². The van der Waals surface area contributed by atoms with Gasteiger partial charge in [0.1, 0.15) is 24.3 Å². The van der Waals surface area contributed by atoms with Gasteiger partial charge in [0.25, 0.3) is 19.3 Å². The number of fused-ring (bicyclic) bond motifs is 5. The Morgan fingerprint density at radius 3 is 2.43 bits per heavy atom. The quantitative estimate of drug-likeness (QED) is 0.0348. The fourth-order valence-electron chi connectivity index (χ4n) is 12.3. The number of nitrogens with two attached hydrogens (primary N) is 1. The normalized spacial score (nSPS) is 21.9. The largest absolute Gasteiger partial charge is 0.756 e. The van der Waals surface area contributed by atoms with Crippen molar-refractivity contribution in [2.24, 2.45) is 0 Å². The number of hydrogen-bond acceptors (Lipinski definition) is 15. The number of nitrogens with one attached hydrogen (secondary N) is 2. The summed E-state index contributed by atoms with van der Waals surface area (Å²) in [6.07, 6.45) is 2.57. The number of nitrogen functional groups attached to an aromatic ring is 1. The van der Waals surface area contributed by atoms with Crippen LogP contribution in [-0.2, 0) is 36.4 Å². The Labute approximate surface area is 468 Å². The van der Waals surface area contributed by atoms with Crippen molar-refractivity contribution in [1.82, 2.24) is 29.3 Å². The minimum atomic E-state index is -5.83. The first-order chi connectivity index (χ1) is 38.0. The van der Waals surface area contributed by atoms with E-state index >= 15 is 0 Å². The summed E-state index contributed by atoms with van der Waals surface area (Å²) in [5.41, 5.74) is 12.3. The highest BCUT2D eigenvalue weighted by Gasteiger charge is 2.42. The van der Waals surface area contributed by atoms with E-state index < -0.39 is 48.0 Å². The first-order valence-corrected chi connectivity index (χ1v) is 31.4. The second-order valence-corrected chi connectivity index (χ2v) is 26.7. The third-order valence-electron chi connectivity index (χ3n) is 15.6. The average molecular weight is 1180 g/mol. The number of amides is 2. The van der Waals surface area contributed by atoms with E-state index in [-0.39, 0.29) is 89.6 Å². The monoisotopic (exact) mass is 1170 g/mol. The lowest BCUT2D eigenvalue weighted by Crippen LogP contribution is -2.52. The van der Waals surface area contributed by atoms with Crippen LogP contribution in [0.3, 0.4) is 0 Å². The molecule has 0 bridgehead atoms. The van der Waals surface area contributed by atoms with Crippen molar-refractivity contribution in [1.29, 1.82) is 0 Å². The van der Waals surface area contributed by atoms with Gasteiger partial charge in [-0.25, -0.2) is 18.0 Å². The number of benzene rings is 3. The van der Waals surface area contributed by atoms with E-state index in [2.05, 4.69) is 125 Å². The second kappa shape index (κ2) is 22.6. The molecule has 5 unspecified atom stereocenters. The highest BCUT2D eigenvalue weighted by molar-refractivity contribution is 7.66. The molecule has 0 radical (unpaired) electrons. The van der Waals surface area contributed by atoms with Crippen LogP contribution in [0.15, 0.2) is 59.5 Å². The van der Waals surface area contributed by atoms with E-state index in [9.17, 15) is 42.8 Å². The summed E-state index contributed by atoms with van der Waals surface area (Å²) in [4.78, 5) is 90.7. The molecule has 23 nitrogen and oxygen atoms in total. The van der Waals surface area contributed by atoms with Crippen LogP contribution in [0.4, 0.5) is 11.6 Å². The summed E-state index contributed by atoms with van der Waals surface area (Å²) >= 11 is 0. The van der Waals surface area contributed by atoms with Gasteiger partial charge >= 0.3 is 15.6 Å². The van der Waals surface area contributed by atoms with Crippen LogP contribution in [0.5, 0.6) is 11.5 Å². The third kappa shape index (κ3) is 12.5. The first-order valence-electron chi connectivity index (χ1n) is 26.9. The highest BCUT2D eigenvalue weighted by atomic mass is 31.3. The van der Waals surface area contributed by atoms with Crippen molar-refractivity contribution < 1.29 is 65.5 Å². The van der Waals surface area contributed by atoms with Crippen molar-refractivity contribution >= 4 is 63.5 Å². The van der Waals surface area contributed by atoms with Crippen LogP contribution in [-0.4, -0.2) is 103 Å². The molecule has 6 heterocycles. The second-order valence-electron chi connectivity index (χ2n) is 22.3. The summed E-state index contributed by atoms with van der Waals surface area (Å²) < 4.78 is 63.9.